The molecule has 0 unspecified atom stereocenters. The van der Waals surface area contributed by atoms with Gasteiger partial charge in [-0.15, -0.1) is 0 Å². The van der Waals surface area contributed by atoms with Gasteiger partial charge in [-0.05, 0) is 54.6 Å². The van der Waals surface area contributed by atoms with Gasteiger partial charge in [0.2, 0.25) is 0 Å². The Labute approximate surface area is 148 Å². The van der Waals surface area contributed by atoms with Crippen molar-refractivity contribution in [3.05, 3.63) is 82.1 Å². The van der Waals surface area contributed by atoms with Crippen molar-refractivity contribution in [2.45, 2.75) is 0 Å². The molecule has 4 nitrogen and oxygen atoms in total. The second-order valence-electron chi connectivity index (χ2n) is 5.01. The van der Waals surface area contributed by atoms with E-state index in [2.05, 4.69) is 4.99 Å². The molecule has 0 aliphatic carbocycles. The van der Waals surface area contributed by atoms with E-state index in [9.17, 15) is 4.79 Å². The first-order valence-electron chi connectivity index (χ1n) is 7.05. The molecule has 1 aromatic heterocycles. The van der Waals surface area contributed by atoms with Crippen LogP contribution in [0.4, 0.5) is 5.69 Å². The van der Waals surface area contributed by atoms with Crippen molar-refractivity contribution in [3.8, 4) is 5.69 Å². The molecule has 1 heterocycles. The number of halogens is 2. The molecule has 0 saturated carbocycles. The Bertz CT molecular complexity index is 915. The number of aliphatic imine (C=N–C) groups is 1. The van der Waals surface area contributed by atoms with E-state index in [0.29, 0.717) is 15.7 Å². The largest absolute Gasteiger partial charge is 0.478 e. The Morgan fingerprint density at radius 2 is 1.83 bits per heavy atom. The maximum absolute atomic E-state index is 10.9. The average molecular weight is 359 g/mol. The maximum atomic E-state index is 10.9. The third-order valence-electron chi connectivity index (χ3n) is 3.42. The van der Waals surface area contributed by atoms with Crippen LogP contribution in [-0.4, -0.2) is 21.9 Å². The van der Waals surface area contributed by atoms with E-state index in [4.69, 9.17) is 28.3 Å². The molecule has 6 heteroatoms. The molecule has 0 atom stereocenters. The van der Waals surface area contributed by atoms with Crippen LogP contribution in [0, 0.1) is 0 Å². The van der Waals surface area contributed by atoms with Gasteiger partial charge in [-0.2, -0.15) is 0 Å². The average Bonchev–Trinajstić information content (AvgIpc) is 3.02. The Balaban J connectivity index is 1.90. The predicted molar refractivity (Wildman–Crippen MR) is 96.4 cm³/mol. The summed E-state index contributed by atoms with van der Waals surface area (Å²) in [6.07, 6.45) is 3.57. The van der Waals surface area contributed by atoms with Gasteiger partial charge in [0, 0.05) is 16.9 Å². The number of carboxylic acids is 1. The highest BCUT2D eigenvalue weighted by Crippen LogP contribution is 2.27. The first-order valence-corrected chi connectivity index (χ1v) is 7.80. The van der Waals surface area contributed by atoms with Crippen molar-refractivity contribution >= 4 is 41.1 Å². The van der Waals surface area contributed by atoms with Gasteiger partial charge in [0.1, 0.15) is 0 Å². The van der Waals surface area contributed by atoms with Crippen LogP contribution >= 0.6 is 23.2 Å². The summed E-state index contributed by atoms with van der Waals surface area (Å²) >= 11 is 12.0. The Morgan fingerprint density at radius 3 is 2.50 bits per heavy atom. The molecular formula is C18H12Cl2N2O2. The first kappa shape index (κ1) is 16.3. The van der Waals surface area contributed by atoms with Crippen molar-refractivity contribution in [1.29, 1.82) is 0 Å². The zero-order valence-corrected chi connectivity index (χ0v) is 13.9. The van der Waals surface area contributed by atoms with Crippen LogP contribution in [0.5, 0.6) is 0 Å². The topological polar surface area (TPSA) is 54.6 Å². The van der Waals surface area contributed by atoms with Gasteiger partial charge in [0.25, 0.3) is 0 Å². The molecular weight excluding hydrogens is 347 g/mol. The fraction of sp³-hybridized carbons (Fsp3) is 0. The predicted octanol–water partition coefficient (Wildman–Crippen LogP) is 5.23. The number of benzene rings is 2. The smallest absolute Gasteiger partial charge is 0.335 e. The van der Waals surface area contributed by atoms with Gasteiger partial charge in [-0.25, -0.2) is 4.79 Å². The summed E-state index contributed by atoms with van der Waals surface area (Å²) < 4.78 is 1.90. The number of aromatic carboxylic acids is 1. The lowest BCUT2D eigenvalue weighted by Crippen LogP contribution is -2.00. The van der Waals surface area contributed by atoms with Gasteiger partial charge in [0.05, 0.1) is 28.2 Å². The summed E-state index contributed by atoms with van der Waals surface area (Å²) in [5.74, 6) is -0.951. The van der Waals surface area contributed by atoms with E-state index in [-0.39, 0.29) is 5.56 Å². The number of rotatable bonds is 4. The minimum Gasteiger partial charge on any atom is -0.478 e. The van der Waals surface area contributed by atoms with E-state index in [1.807, 2.05) is 22.9 Å². The fourth-order valence-corrected chi connectivity index (χ4v) is 2.68. The van der Waals surface area contributed by atoms with Crippen molar-refractivity contribution in [2.75, 3.05) is 0 Å². The van der Waals surface area contributed by atoms with Crippen LogP contribution in [0.15, 0.2) is 65.8 Å². The summed E-state index contributed by atoms with van der Waals surface area (Å²) in [5.41, 5.74) is 2.54. The quantitative estimate of drug-likeness (QED) is 0.648. The second kappa shape index (κ2) is 6.91. The molecule has 1 N–H and O–H groups in total. The zero-order chi connectivity index (χ0) is 17.1. The number of carbonyl (C=O) groups is 1. The molecule has 3 rings (SSSR count). The van der Waals surface area contributed by atoms with E-state index >= 15 is 0 Å². The van der Waals surface area contributed by atoms with Crippen molar-refractivity contribution in [2.24, 2.45) is 4.99 Å². The zero-order valence-electron chi connectivity index (χ0n) is 12.4. The first-order chi connectivity index (χ1) is 11.5. The van der Waals surface area contributed by atoms with Crippen LogP contribution in [-0.2, 0) is 0 Å². The summed E-state index contributed by atoms with van der Waals surface area (Å²) in [6, 6.07) is 15.5. The van der Waals surface area contributed by atoms with Crippen LogP contribution in [0.2, 0.25) is 10.0 Å². The van der Waals surface area contributed by atoms with Crippen LogP contribution in [0.3, 0.4) is 0 Å². The van der Waals surface area contributed by atoms with E-state index in [1.54, 1.807) is 48.7 Å². The van der Waals surface area contributed by atoms with Gasteiger partial charge < -0.3 is 9.67 Å². The molecule has 0 saturated heterocycles. The molecule has 0 fully saturated rings. The van der Waals surface area contributed by atoms with E-state index in [1.165, 1.54) is 0 Å². The lowest BCUT2D eigenvalue weighted by molar-refractivity contribution is 0.0697. The number of nitrogens with zero attached hydrogens (tertiary/aromatic N) is 2. The Morgan fingerprint density at radius 1 is 1.08 bits per heavy atom. The number of aromatic nitrogens is 1. The van der Waals surface area contributed by atoms with Crippen molar-refractivity contribution < 1.29 is 9.90 Å². The molecule has 0 bridgehead atoms. The standard InChI is InChI=1S/C18H12Cl2N2O2/c19-13-5-8-17(16(20)10-13)21-11-15-2-1-9-22(15)14-6-3-12(4-7-14)18(23)24/h1-11H,(H,23,24). The number of carboxylic acid groups (broad SMARTS) is 1. The van der Waals surface area contributed by atoms with Crippen molar-refractivity contribution in [1.82, 2.24) is 4.57 Å². The second-order valence-corrected chi connectivity index (χ2v) is 5.85. The SMILES string of the molecule is O=C(O)c1ccc(-n2cccc2C=Nc2ccc(Cl)cc2Cl)cc1. The molecule has 2 aromatic carbocycles. The fourth-order valence-electron chi connectivity index (χ4n) is 2.22. The van der Waals surface area contributed by atoms with Gasteiger partial charge in [-0.1, -0.05) is 23.2 Å². The molecule has 0 radical (unpaired) electrons. The van der Waals surface area contributed by atoms with E-state index < -0.39 is 5.97 Å². The number of hydrogen-bond donors (Lipinski definition) is 1. The normalized spacial score (nSPS) is 11.1. The number of hydrogen-bond acceptors (Lipinski definition) is 2. The van der Waals surface area contributed by atoms with Crippen molar-refractivity contribution in [3.63, 3.8) is 0 Å². The van der Waals surface area contributed by atoms with E-state index in [0.717, 1.165) is 11.4 Å². The van der Waals surface area contributed by atoms with Crippen LogP contribution in [0.25, 0.3) is 5.69 Å². The lowest BCUT2D eigenvalue weighted by atomic mass is 10.2. The summed E-state index contributed by atoms with van der Waals surface area (Å²) in [6.45, 7) is 0. The highest BCUT2D eigenvalue weighted by Gasteiger charge is 2.05. The van der Waals surface area contributed by atoms with Gasteiger partial charge >= 0.3 is 5.97 Å². The third kappa shape index (κ3) is 3.50. The summed E-state index contributed by atoms with van der Waals surface area (Å²) in [7, 11) is 0. The molecule has 0 amide bonds. The lowest BCUT2D eigenvalue weighted by Gasteiger charge is -2.07. The summed E-state index contributed by atoms with van der Waals surface area (Å²) in [5, 5.41) is 10.00. The Hall–Kier alpha value is -2.56. The van der Waals surface area contributed by atoms with Crippen LogP contribution < -0.4 is 0 Å². The molecule has 3 aromatic rings. The summed E-state index contributed by atoms with van der Waals surface area (Å²) in [4.78, 5) is 15.3. The van der Waals surface area contributed by atoms with Crippen LogP contribution in [0.1, 0.15) is 16.1 Å². The molecule has 0 aliphatic heterocycles. The molecule has 0 aliphatic rings. The molecule has 120 valence electrons. The minimum atomic E-state index is -0.951. The minimum absolute atomic E-state index is 0.245. The maximum Gasteiger partial charge on any atom is 0.335 e. The van der Waals surface area contributed by atoms with Gasteiger partial charge in [-0.3, -0.25) is 4.99 Å². The molecule has 24 heavy (non-hydrogen) atoms. The third-order valence-corrected chi connectivity index (χ3v) is 3.96. The highest BCUT2D eigenvalue weighted by atomic mass is 35.5. The highest BCUT2D eigenvalue weighted by molar-refractivity contribution is 6.36. The Kier molecular flexibility index (Phi) is 4.69. The van der Waals surface area contributed by atoms with Gasteiger partial charge in [0.15, 0.2) is 0 Å². The monoisotopic (exact) mass is 358 g/mol. The molecule has 0 spiro atoms.